The van der Waals surface area contributed by atoms with Crippen molar-refractivity contribution in [3.8, 4) is 0 Å². The van der Waals surface area contributed by atoms with Gasteiger partial charge in [-0.15, -0.1) is 11.8 Å². The van der Waals surface area contributed by atoms with Crippen LogP contribution < -0.4 is 5.32 Å². The summed E-state index contributed by atoms with van der Waals surface area (Å²) in [5, 5.41) is 3.71. The second-order valence-electron chi connectivity index (χ2n) is 1.55. The molecule has 2 unspecified atom stereocenters. The van der Waals surface area contributed by atoms with E-state index in [1.165, 1.54) is 0 Å². The van der Waals surface area contributed by atoms with E-state index >= 15 is 0 Å². The second-order valence-corrected chi connectivity index (χ2v) is 3.07. The third-order valence-electron chi connectivity index (χ3n) is 0.943. The molecule has 7 heavy (non-hydrogen) atoms. The van der Waals surface area contributed by atoms with E-state index in [0.717, 1.165) is 6.41 Å². The lowest BCUT2D eigenvalue weighted by atomic mass is 10.5. The van der Waals surface area contributed by atoms with Crippen molar-refractivity contribution in [1.29, 1.82) is 0 Å². The quantitative estimate of drug-likeness (QED) is 0.413. The van der Waals surface area contributed by atoms with Crippen LogP contribution in [0.2, 0.25) is 0 Å². The highest BCUT2D eigenvalue weighted by Gasteiger charge is 2.32. The fraction of sp³-hybridized carbons (Fsp3) is 0.750. The minimum Gasteiger partial charge on any atom is -0.346 e. The molecule has 1 aliphatic heterocycles. The maximum Gasteiger partial charge on any atom is 0.208 e. The minimum absolute atomic E-state index is 0.414. The van der Waals surface area contributed by atoms with Crippen molar-refractivity contribution >= 4 is 18.2 Å². The Bertz CT molecular complexity index is 85.8. The monoisotopic (exact) mass is 117 g/mol. The molecular formula is C4H7NOS. The molecule has 2 nitrogen and oxygen atoms in total. The van der Waals surface area contributed by atoms with E-state index in [9.17, 15) is 4.79 Å². The smallest absolute Gasteiger partial charge is 0.208 e. The van der Waals surface area contributed by atoms with Gasteiger partial charge in [-0.2, -0.15) is 0 Å². The largest absolute Gasteiger partial charge is 0.346 e. The Morgan fingerprint density at radius 1 is 1.86 bits per heavy atom. The van der Waals surface area contributed by atoms with Crippen LogP contribution in [0.25, 0.3) is 0 Å². The fourth-order valence-corrected chi connectivity index (χ4v) is 1.01. The average Bonchev–Trinajstić information content (AvgIpc) is 2.22. The summed E-state index contributed by atoms with van der Waals surface area (Å²) in [5.41, 5.74) is 0. The first kappa shape index (κ1) is 4.97. The van der Waals surface area contributed by atoms with Crippen LogP contribution in [0.5, 0.6) is 0 Å². The third kappa shape index (κ3) is 1.09. The average molecular weight is 117 g/mol. The molecule has 1 aliphatic rings. The van der Waals surface area contributed by atoms with Crippen LogP contribution in [0.4, 0.5) is 0 Å². The molecule has 0 saturated carbocycles. The summed E-state index contributed by atoms with van der Waals surface area (Å²) in [6, 6.07) is 0. The zero-order chi connectivity index (χ0) is 5.28. The third-order valence-corrected chi connectivity index (χ3v) is 2.17. The lowest BCUT2D eigenvalue weighted by Crippen LogP contribution is -2.15. The minimum atomic E-state index is 0.414. The molecule has 0 bridgehead atoms. The zero-order valence-corrected chi connectivity index (χ0v) is 4.87. The molecule has 1 saturated heterocycles. The van der Waals surface area contributed by atoms with E-state index in [1.54, 1.807) is 11.8 Å². The molecule has 1 rings (SSSR count). The van der Waals surface area contributed by atoms with E-state index in [2.05, 4.69) is 12.2 Å². The Morgan fingerprint density at radius 2 is 2.43 bits per heavy atom. The number of carbonyl (C=O) groups is 1. The summed E-state index contributed by atoms with van der Waals surface area (Å²) in [6.45, 7) is 2.09. The highest BCUT2D eigenvalue weighted by atomic mass is 32.2. The molecule has 2 atom stereocenters. The Morgan fingerprint density at radius 3 is 2.57 bits per heavy atom. The summed E-state index contributed by atoms with van der Waals surface area (Å²) in [7, 11) is 0. The first-order chi connectivity index (χ1) is 3.34. The molecule has 0 aromatic carbocycles. The van der Waals surface area contributed by atoms with Crippen LogP contribution in [0, 0.1) is 0 Å². The van der Waals surface area contributed by atoms with Crippen molar-refractivity contribution in [3.63, 3.8) is 0 Å². The number of rotatable bonds is 2. The molecule has 1 heterocycles. The highest BCUT2D eigenvalue weighted by molar-refractivity contribution is 8.07. The molecule has 1 N–H and O–H groups in total. The zero-order valence-electron chi connectivity index (χ0n) is 4.05. The molecule has 0 aromatic heterocycles. The van der Waals surface area contributed by atoms with E-state index in [0.29, 0.717) is 10.6 Å². The highest BCUT2D eigenvalue weighted by Crippen LogP contribution is 2.37. The predicted molar refractivity (Wildman–Crippen MR) is 30.0 cm³/mol. The normalized spacial score (nSPS) is 37.3. The Hall–Kier alpha value is -0.180. The second kappa shape index (κ2) is 1.74. The van der Waals surface area contributed by atoms with Crippen molar-refractivity contribution < 1.29 is 4.79 Å². The fourth-order valence-electron chi connectivity index (χ4n) is 0.428. The van der Waals surface area contributed by atoms with Crippen LogP contribution in [0.15, 0.2) is 0 Å². The molecule has 0 spiro atoms. The van der Waals surface area contributed by atoms with Crippen LogP contribution in [-0.2, 0) is 4.79 Å². The summed E-state index contributed by atoms with van der Waals surface area (Å²) in [4.78, 5) is 9.68. The van der Waals surface area contributed by atoms with Gasteiger partial charge in [-0.25, -0.2) is 0 Å². The maximum absolute atomic E-state index is 9.68. The molecule has 3 heteroatoms. The maximum atomic E-state index is 9.68. The van der Waals surface area contributed by atoms with Gasteiger partial charge in [0.25, 0.3) is 0 Å². The van der Waals surface area contributed by atoms with Crippen LogP contribution >= 0.6 is 11.8 Å². The van der Waals surface area contributed by atoms with Gasteiger partial charge in [0.1, 0.15) is 0 Å². The molecule has 1 fully saturated rings. The van der Waals surface area contributed by atoms with Crippen molar-refractivity contribution in [3.05, 3.63) is 0 Å². The van der Waals surface area contributed by atoms with Crippen molar-refractivity contribution in [2.45, 2.75) is 17.5 Å². The van der Waals surface area contributed by atoms with Crippen molar-refractivity contribution in [2.24, 2.45) is 0 Å². The Balaban J connectivity index is 2.08. The number of nitrogens with one attached hydrogen (secondary N) is 1. The van der Waals surface area contributed by atoms with Crippen LogP contribution in [0.1, 0.15) is 6.92 Å². The van der Waals surface area contributed by atoms with Crippen molar-refractivity contribution in [2.75, 3.05) is 0 Å². The first-order valence-electron chi connectivity index (χ1n) is 2.20. The first-order valence-corrected chi connectivity index (χ1v) is 3.14. The standard InChI is InChI=1S/C4H7NOS/c1-3-4(7-3)5-2-6/h2-4H,1H3,(H,5,6). The van der Waals surface area contributed by atoms with E-state index in [-0.39, 0.29) is 0 Å². The van der Waals surface area contributed by atoms with Crippen LogP contribution in [-0.4, -0.2) is 17.0 Å². The van der Waals surface area contributed by atoms with Gasteiger partial charge in [-0.1, -0.05) is 6.92 Å². The SMILES string of the molecule is CC1SC1NC=O. The van der Waals surface area contributed by atoms with E-state index < -0.39 is 0 Å². The number of hydrogen-bond acceptors (Lipinski definition) is 2. The van der Waals surface area contributed by atoms with Gasteiger partial charge in [0.05, 0.1) is 5.37 Å². The summed E-state index contributed by atoms with van der Waals surface area (Å²) in [5.74, 6) is 0. The molecule has 0 aromatic rings. The summed E-state index contributed by atoms with van der Waals surface area (Å²) >= 11 is 1.77. The van der Waals surface area contributed by atoms with Gasteiger partial charge in [0.15, 0.2) is 0 Å². The van der Waals surface area contributed by atoms with Crippen LogP contribution in [0.3, 0.4) is 0 Å². The molecule has 1 amide bonds. The van der Waals surface area contributed by atoms with Gasteiger partial charge >= 0.3 is 0 Å². The van der Waals surface area contributed by atoms with Crippen molar-refractivity contribution in [1.82, 2.24) is 5.32 Å². The van der Waals surface area contributed by atoms with Gasteiger partial charge in [0, 0.05) is 5.25 Å². The van der Waals surface area contributed by atoms with E-state index in [1.807, 2.05) is 0 Å². The number of carbonyl (C=O) groups excluding carboxylic acids is 1. The topological polar surface area (TPSA) is 29.1 Å². The number of amides is 1. The summed E-state index contributed by atoms with van der Waals surface area (Å²) < 4.78 is 0. The molecule has 0 aliphatic carbocycles. The number of thioether (sulfide) groups is 1. The van der Waals surface area contributed by atoms with Gasteiger partial charge in [-0.3, -0.25) is 4.79 Å². The van der Waals surface area contributed by atoms with E-state index in [4.69, 9.17) is 0 Å². The van der Waals surface area contributed by atoms with Gasteiger partial charge in [-0.05, 0) is 0 Å². The van der Waals surface area contributed by atoms with Gasteiger partial charge < -0.3 is 5.32 Å². The lowest BCUT2D eigenvalue weighted by molar-refractivity contribution is -0.109. The lowest BCUT2D eigenvalue weighted by Gasteiger charge is -1.84. The molecular weight excluding hydrogens is 110 g/mol. The Labute approximate surface area is 46.7 Å². The predicted octanol–water partition coefficient (Wildman–Crippen LogP) is 0.194. The number of hydrogen-bond donors (Lipinski definition) is 1. The Kier molecular flexibility index (Phi) is 1.23. The molecule has 40 valence electrons. The molecule has 0 radical (unpaired) electrons. The van der Waals surface area contributed by atoms with Gasteiger partial charge in [0.2, 0.25) is 6.41 Å². The summed E-state index contributed by atoms with van der Waals surface area (Å²) in [6.07, 6.45) is 0.751.